The van der Waals surface area contributed by atoms with Crippen LogP contribution in [-0.2, 0) is 32.0 Å². The zero-order chi connectivity index (χ0) is 21.4. The number of carbonyl (C=O) groups is 3. The molecule has 10 heteroatoms. The number of amides is 1. The van der Waals surface area contributed by atoms with Crippen molar-refractivity contribution < 1.29 is 28.8 Å². The van der Waals surface area contributed by atoms with Gasteiger partial charge in [-0.3, -0.25) is 9.59 Å². The number of aliphatic carboxylic acids is 1. The third-order valence-corrected chi connectivity index (χ3v) is 6.05. The Bertz CT molecular complexity index is 938. The number of fused-ring (bicyclic) bond motifs is 1. The molecule has 0 radical (unpaired) electrons. The first-order chi connectivity index (χ1) is 13.9. The van der Waals surface area contributed by atoms with Crippen LogP contribution in [0.15, 0.2) is 30.5 Å². The van der Waals surface area contributed by atoms with E-state index in [0.29, 0.717) is 6.21 Å². The molecule has 0 aliphatic rings. The molecule has 1 heterocycles. The quantitative estimate of drug-likeness (QED) is 0.215. The maximum atomic E-state index is 12.8. The maximum Gasteiger partial charge on any atom is 0.326 e. The maximum absolute atomic E-state index is 12.8. The topological polar surface area (TPSA) is 159 Å². The number of carboxylic acid groups (broad SMARTS) is 1. The van der Waals surface area contributed by atoms with E-state index in [1.165, 1.54) is 0 Å². The van der Waals surface area contributed by atoms with E-state index < -0.39 is 40.1 Å². The van der Waals surface area contributed by atoms with Gasteiger partial charge in [-0.1, -0.05) is 18.2 Å². The van der Waals surface area contributed by atoms with Gasteiger partial charge in [0.05, 0.1) is 0 Å². The molecule has 0 aliphatic heterocycles. The molecule has 2 aromatic rings. The minimum absolute atomic E-state index is 0.176. The Morgan fingerprint density at radius 1 is 1.38 bits per heavy atom. The highest BCUT2D eigenvalue weighted by atomic mass is 32.2. The summed E-state index contributed by atoms with van der Waals surface area (Å²) in [6, 6.07) is 6.19. The van der Waals surface area contributed by atoms with Crippen molar-refractivity contribution in [3.05, 3.63) is 41.6 Å². The molecule has 3 N–H and O–H groups in total. The van der Waals surface area contributed by atoms with Gasteiger partial charge >= 0.3 is 12.2 Å². The van der Waals surface area contributed by atoms with E-state index in [4.69, 9.17) is 5.53 Å². The summed E-state index contributed by atoms with van der Waals surface area (Å²) < 4.78 is 12.5. The molecule has 0 saturated carbocycles. The fraction of sp³-hybridized carbons (Fsp3) is 0.368. The van der Waals surface area contributed by atoms with Gasteiger partial charge < -0.3 is 25.5 Å². The van der Waals surface area contributed by atoms with Gasteiger partial charge in [-0.15, -0.1) is 0 Å². The number of carbonyl (C=O) groups excluding carboxylic acids is 2. The molecule has 0 saturated heterocycles. The number of ketones is 1. The third kappa shape index (κ3) is 6.02. The minimum atomic E-state index is -1.51. The smallest absolute Gasteiger partial charge is 0.326 e. The summed E-state index contributed by atoms with van der Waals surface area (Å²) in [4.78, 5) is 41.3. The summed E-state index contributed by atoms with van der Waals surface area (Å²) in [6.07, 6.45) is 2.21. The number of benzene rings is 1. The van der Waals surface area contributed by atoms with Crippen molar-refractivity contribution in [1.82, 2.24) is 10.3 Å². The van der Waals surface area contributed by atoms with Crippen LogP contribution >= 0.6 is 0 Å². The van der Waals surface area contributed by atoms with Crippen LogP contribution in [-0.4, -0.2) is 60.4 Å². The number of H-pyrrole nitrogens is 1. The van der Waals surface area contributed by atoms with Crippen LogP contribution in [0.4, 0.5) is 0 Å². The number of nitrogens with zero attached hydrogens (tertiary/aromatic N) is 2. The second-order valence-corrected chi connectivity index (χ2v) is 8.28. The number of para-hydroxylation sites is 1. The number of rotatable bonds is 11. The van der Waals surface area contributed by atoms with Crippen molar-refractivity contribution in [2.45, 2.75) is 37.5 Å². The minimum Gasteiger partial charge on any atom is -0.616 e. The molecule has 0 aliphatic carbocycles. The number of hydrogen-bond acceptors (Lipinski definition) is 4. The van der Waals surface area contributed by atoms with Gasteiger partial charge in [-0.25, -0.2) is 4.79 Å². The Balaban J connectivity index is 2.15. The fourth-order valence-electron chi connectivity index (χ4n) is 2.94. The van der Waals surface area contributed by atoms with Crippen molar-refractivity contribution in [3.8, 4) is 0 Å². The molecule has 0 fully saturated rings. The van der Waals surface area contributed by atoms with Crippen molar-refractivity contribution in [1.29, 1.82) is 0 Å². The Morgan fingerprint density at radius 3 is 2.76 bits per heavy atom. The van der Waals surface area contributed by atoms with Crippen molar-refractivity contribution in [2.24, 2.45) is 0 Å². The zero-order valence-electron chi connectivity index (χ0n) is 15.8. The first kappa shape index (κ1) is 22.4. The second-order valence-electron chi connectivity index (χ2n) is 6.37. The highest BCUT2D eigenvalue weighted by Crippen LogP contribution is 2.21. The lowest BCUT2D eigenvalue weighted by atomic mass is 10.1. The summed E-state index contributed by atoms with van der Waals surface area (Å²) in [5.41, 5.74) is 10.0. The molecule has 0 bridgehead atoms. The number of carboxylic acids is 1. The van der Waals surface area contributed by atoms with Crippen LogP contribution in [0.25, 0.3) is 16.4 Å². The van der Waals surface area contributed by atoms with Gasteiger partial charge in [0, 0.05) is 29.9 Å². The third-order valence-electron chi connectivity index (χ3n) is 4.47. The molecular formula is C19H22N4O5S. The van der Waals surface area contributed by atoms with Crippen molar-refractivity contribution in [2.75, 3.05) is 5.75 Å². The largest absolute Gasteiger partial charge is 0.616 e. The summed E-state index contributed by atoms with van der Waals surface area (Å²) in [5.74, 6) is -2.28. The van der Waals surface area contributed by atoms with Crippen LogP contribution < -0.4 is 5.32 Å². The zero-order valence-corrected chi connectivity index (χ0v) is 16.6. The van der Waals surface area contributed by atoms with Gasteiger partial charge in [-0.05, 0) is 36.2 Å². The fourth-order valence-corrected chi connectivity index (χ4v) is 4.02. The van der Waals surface area contributed by atoms with E-state index >= 15 is 0 Å². The molecule has 1 aromatic heterocycles. The number of Topliss-reactive ketones (excluding diaryl/α,β-unsaturated/α-hetero) is 1. The number of aromatic nitrogens is 1. The van der Waals surface area contributed by atoms with E-state index in [9.17, 15) is 24.0 Å². The van der Waals surface area contributed by atoms with Crippen LogP contribution in [0.3, 0.4) is 0 Å². The van der Waals surface area contributed by atoms with Crippen LogP contribution in [0.1, 0.15) is 25.3 Å². The average molecular weight is 418 g/mol. The average Bonchev–Trinajstić information content (AvgIpc) is 3.11. The van der Waals surface area contributed by atoms with Gasteiger partial charge in [0.2, 0.25) is 5.78 Å². The first-order valence-electron chi connectivity index (χ1n) is 9.03. The van der Waals surface area contributed by atoms with Crippen molar-refractivity contribution >= 4 is 46.0 Å². The normalized spacial score (nSPS) is 13.9. The summed E-state index contributed by atoms with van der Waals surface area (Å²) in [5, 5.41) is 11.7. The SMILES string of the molecule is CC[S+]([O-])C(Cc1c[nH]c2ccccc12)C(=O)NC(CCC(=O)C=[N+]=[N-])C(=O)O. The van der Waals surface area contributed by atoms with Gasteiger partial charge in [-0.2, -0.15) is 4.79 Å². The lowest BCUT2D eigenvalue weighted by molar-refractivity contribution is -0.142. The van der Waals surface area contributed by atoms with E-state index in [2.05, 4.69) is 15.1 Å². The Morgan fingerprint density at radius 2 is 2.10 bits per heavy atom. The predicted octanol–water partition coefficient (Wildman–Crippen LogP) is 1.07. The molecule has 0 spiro atoms. The van der Waals surface area contributed by atoms with Crippen LogP contribution in [0.5, 0.6) is 0 Å². The lowest BCUT2D eigenvalue weighted by Gasteiger charge is -2.22. The Kier molecular flexibility index (Phi) is 8.14. The van der Waals surface area contributed by atoms with E-state index in [-0.39, 0.29) is 25.0 Å². The molecule has 29 heavy (non-hydrogen) atoms. The predicted molar refractivity (Wildman–Crippen MR) is 108 cm³/mol. The number of hydrogen-bond donors (Lipinski definition) is 3. The Labute approximate surface area is 170 Å². The van der Waals surface area contributed by atoms with Crippen LogP contribution in [0, 0.1) is 0 Å². The summed E-state index contributed by atoms with van der Waals surface area (Å²) in [6.45, 7) is 1.69. The van der Waals surface area contributed by atoms with Gasteiger partial charge in [0.1, 0.15) is 11.8 Å². The number of nitrogens with one attached hydrogen (secondary N) is 2. The molecule has 154 valence electrons. The summed E-state index contributed by atoms with van der Waals surface area (Å²) >= 11 is -1.51. The van der Waals surface area contributed by atoms with Gasteiger partial charge in [0.15, 0.2) is 5.25 Å². The second kappa shape index (κ2) is 10.6. The van der Waals surface area contributed by atoms with Gasteiger partial charge in [0.25, 0.3) is 5.91 Å². The first-order valence-corrected chi connectivity index (χ1v) is 10.4. The van der Waals surface area contributed by atoms with E-state index in [1.54, 1.807) is 13.1 Å². The van der Waals surface area contributed by atoms with Crippen molar-refractivity contribution in [3.63, 3.8) is 0 Å². The molecule has 1 amide bonds. The highest BCUT2D eigenvalue weighted by molar-refractivity contribution is 7.92. The summed E-state index contributed by atoms with van der Waals surface area (Å²) in [7, 11) is 0. The highest BCUT2D eigenvalue weighted by Gasteiger charge is 2.33. The Hall–Kier alpha value is -2.94. The standard InChI is InChI=1S/C19H22N4O5S/c1-2-29(28)17(9-12-10-21-15-6-4-3-5-14(12)15)18(25)23-16(19(26)27)8-7-13(24)11-22-20/h3-6,10-11,16-17,21H,2,7-9H2,1H3,(H,23,25)(H,26,27). The van der Waals surface area contributed by atoms with Crippen LogP contribution in [0.2, 0.25) is 0 Å². The molecule has 2 rings (SSSR count). The molecule has 3 unspecified atom stereocenters. The molecular weight excluding hydrogens is 396 g/mol. The molecule has 1 aromatic carbocycles. The number of aromatic amines is 1. The monoisotopic (exact) mass is 418 g/mol. The molecule has 3 atom stereocenters. The lowest BCUT2D eigenvalue weighted by Crippen LogP contribution is -2.49. The van der Waals surface area contributed by atoms with E-state index in [1.807, 2.05) is 24.3 Å². The molecule has 9 nitrogen and oxygen atoms in total. The van der Waals surface area contributed by atoms with E-state index in [0.717, 1.165) is 16.5 Å².